The minimum atomic E-state index is -3.76. The first-order valence-corrected chi connectivity index (χ1v) is 9.27. The van der Waals surface area contributed by atoms with E-state index in [1.165, 1.54) is 6.07 Å². The SMILES string of the molecule is O=S(=O)(NCc1cnn(-c2ccccc2)c1)c1ccc(F)cc1Br. The Morgan fingerprint density at radius 1 is 1.17 bits per heavy atom. The van der Waals surface area contributed by atoms with Crippen molar-refractivity contribution in [1.29, 1.82) is 0 Å². The summed E-state index contributed by atoms with van der Waals surface area (Å²) in [7, 11) is -3.76. The van der Waals surface area contributed by atoms with Gasteiger partial charge in [0.25, 0.3) is 0 Å². The van der Waals surface area contributed by atoms with Crippen LogP contribution in [0, 0.1) is 5.82 Å². The van der Waals surface area contributed by atoms with E-state index in [9.17, 15) is 12.8 Å². The van der Waals surface area contributed by atoms with Crippen LogP contribution in [0.4, 0.5) is 4.39 Å². The average molecular weight is 410 g/mol. The van der Waals surface area contributed by atoms with Gasteiger partial charge in [0.15, 0.2) is 0 Å². The molecule has 8 heteroatoms. The third-order valence-electron chi connectivity index (χ3n) is 3.31. The summed E-state index contributed by atoms with van der Waals surface area (Å²) in [5.41, 5.74) is 1.59. The molecule has 1 heterocycles. The smallest absolute Gasteiger partial charge is 0.241 e. The number of rotatable bonds is 5. The summed E-state index contributed by atoms with van der Waals surface area (Å²) in [5, 5.41) is 4.21. The normalized spacial score (nSPS) is 11.6. The van der Waals surface area contributed by atoms with Crippen LogP contribution in [0.1, 0.15) is 5.56 Å². The second-order valence-electron chi connectivity index (χ2n) is 5.03. The molecule has 0 radical (unpaired) electrons. The highest BCUT2D eigenvalue weighted by Crippen LogP contribution is 2.22. The molecule has 0 amide bonds. The highest BCUT2D eigenvalue weighted by molar-refractivity contribution is 9.10. The fourth-order valence-electron chi connectivity index (χ4n) is 2.12. The summed E-state index contributed by atoms with van der Waals surface area (Å²) < 4.78 is 42.1. The summed E-state index contributed by atoms with van der Waals surface area (Å²) in [6.07, 6.45) is 3.34. The van der Waals surface area contributed by atoms with E-state index in [1.807, 2.05) is 30.3 Å². The monoisotopic (exact) mass is 409 g/mol. The van der Waals surface area contributed by atoms with Gasteiger partial charge in [-0.05, 0) is 46.3 Å². The first-order valence-electron chi connectivity index (χ1n) is 6.99. The van der Waals surface area contributed by atoms with Crippen molar-refractivity contribution < 1.29 is 12.8 Å². The number of nitrogens with zero attached hydrogens (tertiary/aromatic N) is 2. The molecule has 0 fully saturated rings. The van der Waals surface area contributed by atoms with Gasteiger partial charge in [-0.1, -0.05) is 18.2 Å². The number of sulfonamides is 1. The van der Waals surface area contributed by atoms with Crippen LogP contribution >= 0.6 is 15.9 Å². The van der Waals surface area contributed by atoms with Crippen LogP contribution in [-0.2, 0) is 16.6 Å². The van der Waals surface area contributed by atoms with E-state index in [2.05, 4.69) is 25.8 Å². The van der Waals surface area contributed by atoms with Crippen molar-refractivity contribution in [1.82, 2.24) is 14.5 Å². The zero-order valence-corrected chi connectivity index (χ0v) is 14.8. The molecule has 0 unspecified atom stereocenters. The molecule has 0 bridgehead atoms. The molecule has 24 heavy (non-hydrogen) atoms. The molecule has 3 aromatic rings. The standard InChI is InChI=1S/C16H13BrFN3O2S/c17-15-8-13(18)6-7-16(15)24(22,23)20-10-12-9-19-21(11-12)14-4-2-1-3-5-14/h1-9,11,20H,10H2. The Hall–Kier alpha value is -2.03. The molecule has 0 saturated carbocycles. The average Bonchev–Trinajstić information content (AvgIpc) is 3.02. The van der Waals surface area contributed by atoms with E-state index in [4.69, 9.17) is 0 Å². The second-order valence-corrected chi connectivity index (χ2v) is 7.62. The molecular formula is C16H13BrFN3O2S. The van der Waals surface area contributed by atoms with Gasteiger partial charge in [0.1, 0.15) is 5.82 Å². The summed E-state index contributed by atoms with van der Waals surface area (Å²) >= 11 is 3.07. The molecule has 0 aliphatic rings. The van der Waals surface area contributed by atoms with E-state index < -0.39 is 15.8 Å². The third kappa shape index (κ3) is 3.72. The third-order valence-corrected chi connectivity index (χ3v) is 5.68. The van der Waals surface area contributed by atoms with E-state index >= 15 is 0 Å². The van der Waals surface area contributed by atoms with Gasteiger partial charge in [-0.25, -0.2) is 22.2 Å². The molecule has 1 aromatic heterocycles. The number of nitrogens with one attached hydrogen (secondary N) is 1. The zero-order valence-electron chi connectivity index (χ0n) is 12.4. The molecule has 0 aliphatic heterocycles. The predicted molar refractivity (Wildman–Crippen MR) is 91.7 cm³/mol. The molecule has 0 spiro atoms. The van der Waals surface area contributed by atoms with E-state index in [-0.39, 0.29) is 15.9 Å². The lowest BCUT2D eigenvalue weighted by Crippen LogP contribution is -2.23. The molecule has 0 aliphatic carbocycles. The lowest BCUT2D eigenvalue weighted by Gasteiger charge is -2.07. The maximum absolute atomic E-state index is 13.1. The van der Waals surface area contributed by atoms with E-state index in [0.29, 0.717) is 5.56 Å². The summed E-state index contributed by atoms with van der Waals surface area (Å²) in [6, 6.07) is 12.9. The van der Waals surface area contributed by atoms with Gasteiger partial charge in [0, 0.05) is 22.8 Å². The number of aromatic nitrogens is 2. The summed E-state index contributed by atoms with van der Waals surface area (Å²) in [6.45, 7) is 0.0823. The lowest BCUT2D eigenvalue weighted by molar-refractivity contribution is 0.579. The molecular weight excluding hydrogens is 397 g/mol. The molecule has 124 valence electrons. The maximum Gasteiger partial charge on any atom is 0.241 e. The highest BCUT2D eigenvalue weighted by Gasteiger charge is 2.18. The van der Waals surface area contributed by atoms with Crippen molar-refractivity contribution in [2.24, 2.45) is 0 Å². The minimum Gasteiger partial charge on any atom is -0.241 e. The number of hydrogen-bond acceptors (Lipinski definition) is 3. The van der Waals surface area contributed by atoms with Crippen LogP contribution < -0.4 is 4.72 Å². The van der Waals surface area contributed by atoms with Crippen LogP contribution in [0.25, 0.3) is 5.69 Å². The van der Waals surface area contributed by atoms with Crippen LogP contribution in [0.15, 0.2) is 70.3 Å². The van der Waals surface area contributed by atoms with Crippen LogP contribution in [-0.4, -0.2) is 18.2 Å². The Morgan fingerprint density at radius 3 is 2.62 bits per heavy atom. The topological polar surface area (TPSA) is 64.0 Å². The van der Waals surface area contributed by atoms with Crippen molar-refractivity contribution in [3.05, 3.63) is 76.8 Å². The van der Waals surface area contributed by atoms with Crippen LogP contribution in [0.3, 0.4) is 0 Å². The van der Waals surface area contributed by atoms with E-state index in [0.717, 1.165) is 17.8 Å². The molecule has 5 nitrogen and oxygen atoms in total. The fraction of sp³-hybridized carbons (Fsp3) is 0.0625. The van der Waals surface area contributed by atoms with Crippen molar-refractivity contribution in [3.63, 3.8) is 0 Å². The van der Waals surface area contributed by atoms with Gasteiger partial charge < -0.3 is 0 Å². The summed E-state index contributed by atoms with van der Waals surface area (Å²) in [4.78, 5) is -0.0145. The molecule has 3 rings (SSSR count). The van der Waals surface area contributed by atoms with Crippen LogP contribution in [0.5, 0.6) is 0 Å². The van der Waals surface area contributed by atoms with Gasteiger partial charge in [-0.3, -0.25) is 0 Å². The highest BCUT2D eigenvalue weighted by atomic mass is 79.9. The second kappa shape index (κ2) is 6.84. The fourth-order valence-corrected chi connectivity index (χ4v) is 4.19. The Bertz CT molecular complexity index is 958. The Kier molecular flexibility index (Phi) is 4.79. The Morgan fingerprint density at radius 2 is 1.92 bits per heavy atom. The molecule has 1 N–H and O–H groups in total. The lowest BCUT2D eigenvalue weighted by atomic mass is 10.3. The van der Waals surface area contributed by atoms with Crippen molar-refractivity contribution in [2.45, 2.75) is 11.4 Å². The maximum atomic E-state index is 13.1. The predicted octanol–water partition coefficient (Wildman–Crippen LogP) is 3.25. The quantitative estimate of drug-likeness (QED) is 0.703. The first kappa shape index (κ1) is 16.8. The van der Waals surface area contributed by atoms with Gasteiger partial charge in [-0.2, -0.15) is 5.10 Å². The minimum absolute atomic E-state index is 0.0145. The zero-order chi connectivity index (χ0) is 17.2. The number of benzene rings is 2. The van der Waals surface area contributed by atoms with Crippen LogP contribution in [0.2, 0.25) is 0 Å². The van der Waals surface area contributed by atoms with Crippen molar-refractivity contribution in [2.75, 3.05) is 0 Å². The number of hydrogen-bond donors (Lipinski definition) is 1. The van der Waals surface area contributed by atoms with Crippen molar-refractivity contribution in [3.8, 4) is 5.69 Å². The molecule has 0 saturated heterocycles. The number of para-hydroxylation sites is 1. The largest absolute Gasteiger partial charge is 0.241 e. The Labute approximate surface area is 147 Å². The van der Waals surface area contributed by atoms with Gasteiger partial charge in [0.05, 0.1) is 16.8 Å². The van der Waals surface area contributed by atoms with Gasteiger partial charge >= 0.3 is 0 Å². The summed E-state index contributed by atoms with van der Waals surface area (Å²) in [5.74, 6) is -0.509. The number of halogens is 2. The molecule has 2 aromatic carbocycles. The van der Waals surface area contributed by atoms with Gasteiger partial charge in [-0.15, -0.1) is 0 Å². The van der Waals surface area contributed by atoms with E-state index in [1.54, 1.807) is 17.1 Å². The Balaban J connectivity index is 1.75. The first-order chi connectivity index (χ1) is 11.5. The van der Waals surface area contributed by atoms with Crippen molar-refractivity contribution >= 4 is 26.0 Å². The van der Waals surface area contributed by atoms with Gasteiger partial charge in [0.2, 0.25) is 10.0 Å². The molecule has 0 atom stereocenters.